The van der Waals surface area contributed by atoms with Crippen LogP contribution in [0.25, 0.3) is 0 Å². The van der Waals surface area contributed by atoms with Gasteiger partial charge in [-0.05, 0) is 43.9 Å². The van der Waals surface area contributed by atoms with E-state index in [0.29, 0.717) is 0 Å². The molecule has 3 unspecified atom stereocenters. The molecule has 3 atom stereocenters. The maximum Gasteiger partial charge on any atom is 0.322 e. The zero-order valence-corrected chi connectivity index (χ0v) is 12.5. The van der Waals surface area contributed by atoms with Crippen LogP contribution in [-0.4, -0.2) is 41.6 Å². The Morgan fingerprint density at radius 3 is 2.45 bits per heavy atom. The highest BCUT2D eigenvalue weighted by molar-refractivity contribution is 7.89. The fourth-order valence-corrected chi connectivity index (χ4v) is 6.75. The number of fused-ring (bicyclic) bond motifs is 2. The number of piperidine rings is 1. The molecule has 3 aliphatic rings. The minimum absolute atomic E-state index is 0.0265. The van der Waals surface area contributed by atoms with Crippen LogP contribution in [-0.2, 0) is 14.8 Å². The third-order valence-corrected chi connectivity index (χ3v) is 7.33. The predicted octanol–water partition coefficient (Wildman–Crippen LogP) is 1.83. The summed E-state index contributed by atoms with van der Waals surface area (Å²) >= 11 is 0. The Balaban J connectivity index is 1.77. The molecule has 2 bridgehead atoms. The summed E-state index contributed by atoms with van der Waals surface area (Å²) in [5.41, 5.74) is 0. The number of hydrogen-bond acceptors (Lipinski definition) is 3. The van der Waals surface area contributed by atoms with Crippen molar-refractivity contribution < 1.29 is 18.3 Å². The summed E-state index contributed by atoms with van der Waals surface area (Å²) in [7, 11) is -3.43. The minimum Gasteiger partial charge on any atom is -0.480 e. The standard InChI is InChI=1S/C14H23NO4S/c16-14(17)13-11-6-7-12(8-11)15(13)20(18,19)9-10-4-2-1-3-5-10/h10-13H,1-9H2,(H,16,17). The Hall–Kier alpha value is -0.620. The molecular formula is C14H23NO4S. The minimum atomic E-state index is -3.43. The van der Waals surface area contributed by atoms with E-state index in [1.807, 2.05) is 0 Å². The third-order valence-electron chi connectivity index (χ3n) is 5.27. The molecule has 1 N–H and O–H groups in total. The van der Waals surface area contributed by atoms with Crippen molar-refractivity contribution in [2.45, 2.75) is 63.5 Å². The molecule has 114 valence electrons. The Morgan fingerprint density at radius 2 is 1.80 bits per heavy atom. The number of aliphatic carboxylic acids is 1. The molecule has 2 aliphatic carbocycles. The van der Waals surface area contributed by atoms with Crippen molar-refractivity contribution in [3.8, 4) is 0 Å². The van der Waals surface area contributed by atoms with Gasteiger partial charge in [0.25, 0.3) is 0 Å². The van der Waals surface area contributed by atoms with Gasteiger partial charge in [-0.15, -0.1) is 0 Å². The number of carbonyl (C=O) groups is 1. The number of carboxylic acid groups (broad SMARTS) is 1. The quantitative estimate of drug-likeness (QED) is 0.859. The van der Waals surface area contributed by atoms with E-state index in [0.717, 1.165) is 44.9 Å². The number of rotatable bonds is 4. The highest BCUT2D eigenvalue weighted by atomic mass is 32.2. The average Bonchev–Trinajstić information content (AvgIpc) is 2.99. The van der Waals surface area contributed by atoms with E-state index in [1.54, 1.807) is 0 Å². The van der Waals surface area contributed by atoms with Crippen molar-refractivity contribution in [1.29, 1.82) is 0 Å². The summed E-state index contributed by atoms with van der Waals surface area (Å²) in [6.07, 6.45) is 7.78. The number of sulfonamides is 1. The summed E-state index contributed by atoms with van der Waals surface area (Å²) in [6, 6.07) is -0.864. The molecule has 1 aliphatic heterocycles. The normalized spacial score (nSPS) is 35.5. The van der Waals surface area contributed by atoms with Gasteiger partial charge in [0.15, 0.2) is 0 Å². The van der Waals surface area contributed by atoms with Gasteiger partial charge in [-0.3, -0.25) is 4.79 Å². The molecule has 0 aromatic rings. The Kier molecular flexibility index (Phi) is 3.79. The second kappa shape index (κ2) is 5.30. The van der Waals surface area contributed by atoms with E-state index in [4.69, 9.17) is 0 Å². The lowest BCUT2D eigenvalue weighted by Crippen LogP contribution is -2.50. The molecule has 3 fully saturated rings. The first kappa shape index (κ1) is 14.3. The molecule has 0 aromatic heterocycles. The van der Waals surface area contributed by atoms with Gasteiger partial charge in [0.1, 0.15) is 6.04 Å². The Bertz CT molecular complexity index is 483. The molecule has 5 nitrogen and oxygen atoms in total. The third kappa shape index (κ3) is 2.48. The largest absolute Gasteiger partial charge is 0.480 e. The molecule has 0 radical (unpaired) electrons. The van der Waals surface area contributed by atoms with Gasteiger partial charge in [0, 0.05) is 6.04 Å². The maximum absolute atomic E-state index is 12.7. The Labute approximate surface area is 120 Å². The van der Waals surface area contributed by atoms with Crippen LogP contribution in [0.5, 0.6) is 0 Å². The molecule has 1 saturated heterocycles. The first-order valence-electron chi connectivity index (χ1n) is 7.73. The topological polar surface area (TPSA) is 74.7 Å². The fourth-order valence-electron chi connectivity index (χ4n) is 4.39. The molecule has 1 heterocycles. The number of hydrogen-bond donors (Lipinski definition) is 1. The van der Waals surface area contributed by atoms with Gasteiger partial charge in [-0.25, -0.2) is 8.42 Å². The maximum atomic E-state index is 12.7. The van der Waals surface area contributed by atoms with E-state index < -0.39 is 22.0 Å². The lowest BCUT2D eigenvalue weighted by molar-refractivity contribution is -0.142. The highest BCUT2D eigenvalue weighted by Crippen LogP contribution is 2.44. The van der Waals surface area contributed by atoms with Crippen LogP contribution < -0.4 is 0 Å². The van der Waals surface area contributed by atoms with E-state index in [9.17, 15) is 18.3 Å². The highest BCUT2D eigenvalue weighted by Gasteiger charge is 2.54. The van der Waals surface area contributed by atoms with E-state index in [2.05, 4.69) is 0 Å². The van der Waals surface area contributed by atoms with Crippen molar-refractivity contribution in [3.05, 3.63) is 0 Å². The van der Waals surface area contributed by atoms with Crippen LogP contribution in [0.3, 0.4) is 0 Å². The summed E-state index contributed by atoms with van der Waals surface area (Å²) in [5, 5.41) is 9.37. The molecule has 20 heavy (non-hydrogen) atoms. The van der Waals surface area contributed by atoms with Gasteiger partial charge in [0.2, 0.25) is 10.0 Å². The number of carboxylic acids is 1. The van der Waals surface area contributed by atoms with Crippen LogP contribution in [0.15, 0.2) is 0 Å². The molecule has 0 amide bonds. The van der Waals surface area contributed by atoms with Crippen molar-refractivity contribution in [3.63, 3.8) is 0 Å². The fraction of sp³-hybridized carbons (Fsp3) is 0.929. The second-order valence-corrected chi connectivity index (χ2v) is 8.54. The van der Waals surface area contributed by atoms with Crippen molar-refractivity contribution >= 4 is 16.0 Å². The predicted molar refractivity (Wildman–Crippen MR) is 74.8 cm³/mol. The van der Waals surface area contributed by atoms with E-state index in [1.165, 1.54) is 10.7 Å². The molecule has 6 heteroatoms. The van der Waals surface area contributed by atoms with Crippen LogP contribution in [0.1, 0.15) is 51.4 Å². The molecule has 3 rings (SSSR count). The van der Waals surface area contributed by atoms with E-state index >= 15 is 0 Å². The lowest BCUT2D eigenvalue weighted by Gasteiger charge is -2.33. The number of nitrogens with zero attached hydrogens (tertiary/aromatic N) is 1. The monoisotopic (exact) mass is 301 g/mol. The molecular weight excluding hydrogens is 278 g/mol. The lowest BCUT2D eigenvalue weighted by atomic mass is 9.91. The molecule has 0 spiro atoms. The smallest absolute Gasteiger partial charge is 0.322 e. The van der Waals surface area contributed by atoms with Crippen LogP contribution >= 0.6 is 0 Å². The first-order valence-corrected chi connectivity index (χ1v) is 9.34. The van der Waals surface area contributed by atoms with Gasteiger partial charge < -0.3 is 5.11 Å². The summed E-state index contributed by atoms with van der Waals surface area (Å²) in [5.74, 6) is -0.564. The second-order valence-electron chi connectivity index (χ2n) is 6.62. The van der Waals surface area contributed by atoms with Crippen molar-refractivity contribution in [1.82, 2.24) is 4.31 Å². The van der Waals surface area contributed by atoms with Crippen LogP contribution in [0.4, 0.5) is 0 Å². The van der Waals surface area contributed by atoms with Gasteiger partial charge >= 0.3 is 5.97 Å². The van der Waals surface area contributed by atoms with Crippen molar-refractivity contribution in [2.24, 2.45) is 11.8 Å². The van der Waals surface area contributed by atoms with Gasteiger partial charge in [-0.1, -0.05) is 19.3 Å². The van der Waals surface area contributed by atoms with Crippen LogP contribution in [0, 0.1) is 11.8 Å². The SMILES string of the molecule is O=C(O)C1C2CCC(C2)N1S(=O)(=O)CC1CCCCC1. The summed E-state index contributed by atoms with van der Waals surface area (Å²) in [6.45, 7) is 0. The van der Waals surface area contributed by atoms with Crippen molar-refractivity contribution in [2.75, 3.05) is 5.75 Å². The summed E-state index contributed by atoms with van der Waals surface area (Å²) < 4.78 is 26.7. The molecule has 0 aromatic carbocycles. The van der Waals surface area contributed by atoms with Gasteiger partial charge in [-0.2, -0.15) is 4.31 Å². The zero-order chi connectivity index (χ0) is 14.3. The average molecular weight is 301 g/mol. The molecule has 2 saturated carbocycles. The Morgan fingerprint density at radius 1 is 1.10 bits per heavy atom. The van der Waals surface area contributed by atoms with Gasteiger partial charge in [0.05, 0.1) is 5.75 Å². The first-order chi connectivity index (χ1) is 9.49. The summed E-state index contributed by atoms with van der Waals surface area (Å²) in [4.78, 5) is 11.4. The zero-order valence-electron chi connectivity index (χ0n) is 11.7. The van der Waals surface area contributed by atoms with Crippen LogP contribution in [0.2, 0.25) is 0 Å². The van der Waals surface area contributed by atoms with E-state index in [-0.39, 0.29) is 23.6 Å².